The van der Waals surface area contributed by atoms with Crippen LogP contribution in [0.5, 0.6) is 0 Å². The lowest BCUT2D eigenvalue weighted by molar-refractivity contribution is -0.138. The van der Waals surface area contributed by atoms with Crippen LogP contribution in [0.3, 0.4) is 0 Å². The summed E-state index contributed by atoms with van der Waals surface area (Å²) in [7, 11) is 0. The van der Waals surface area contributed by atoms with Gasteiger partial charge in [-0.05, 0) is 29.8 Å². The predicted molar refractivity (Wildman–Crippen MR) is 88.6 cm³/mol. The molecule has 2 amide bonds. The SMILES string of the molecule is O=C(Cc1ccc(NC(=O)c2c(F)cccc2Cl)cc1)NCC(F)(F)F. The Labute approximate surface area is 151 Å². The lowest BCUT2D eigenvalue weighted by atomic mass is 10.1. The van der Waals surface area contributed by atoms with Gasteiger partial charge in [0.05, 0.1) is 17.0 Å². The molecule has 0 saturated carbocycles. The molecule has 0 heterocycles. The first-order valence-corrected chi connectivity index (χ1v) is 7.71. The fourth-order valence-corrected chi connectivity index (χ4v) is 2.31. The van der Waals surface area contributed by atoms with E-state index in [0.717, 1.165) is 6.07 Å². The summed E-state index contributed by atoms with van der Waals surface area (Å²) in [5.74, 6) is -2.30. The second-order valence-electron chi connectivity index (χ2n) is 5.32. The number of amides is 2. The molecule has 0 atom stereocenters. The van der Waals surface area contributed by atoms with Crippen LogP contribution in [-0.2, 0) is 11.2 Å². The third-order valence-corrected chi connectivity index (χ3v) is 3.57. The quantitative estimate of drug-likeness (QED) is 0.762. The van der Waals surface area contributed by atoms with Crippen LogP contribution in [0.2, 0.25) is 5.02 Å². The Kier molecular flexibility index (Phi) is 6.20. The zero-order valence-electron chi connectivity index (χ0n) is 13.2. The number of rotatable bonds is 5. The maximum atomic E-state index is 13.7. The zero-order valence-corrected chi connectivity index (χ0v) is 13.9. The molecule has 26 heavy (non-hydrogen) atoms. The Bertz CT molecular complexity index is 787. The summed E-state index contributed by atoms with van der Waals surface area (Å²) < 4.78 is 49.8. The Balaban J connectivity index is 1.97. The van der Waals surface area contributed by atoms with Crippen LogP contribution in [0.25, 0.3) is 0 Å². The van der Waals surface area contributed by atoms with Gasteiger partial charge >= 0.3 is 6.18 Å². The van der Waals surface area contributed by atoms with Crippen molar-refractivity contribution in [3.63, 3.8) is 0 Å². The van der Waals surface area contributed by atoms with E-state index < -0.39 is 30.4 Å². The molecule has 2 N–H and O–H groups in total. The zero-order chi connectivity index (χ0) is 19.3. The summed E-state index contributed by atoms with van der Waals surface area (Å²) in [6, 6.07) is 9.66. The Hall–Kier alpha value is -2.61. The summed E-state index contributed by atoms with van der Waals surface area (Å²) in [6.07, 6.45) is -4.72. The second-order valence-corrected chi connectivity index (χ2v) is 5.72. The molecule has 9 heteroatoms. The van der Waals surface area contributed by atoms with Gasteiger partial charge in [-0.2, -0.15) is 13.2 Å². The third-order valence-electron chi connectivity index (χ3n) is 3.25. The predicted octanol–water partition coefficient (Wildman–Crippen LogP) is 3.95. The standard InChI is InChI=1S/C17H13ClF4N2O2/c18-12-2-1-3-13(19)15(12)16(26)24-11-6-4-10(5-7-11)8-14(25)23-9-17(20,21)22/h1-7H,8-9H2,(H,23,25)(H,24,26). The van der Waals surface area contributed by atoms with Crippen LogP contribution < -0.4 is 10.6 Å². The second kappa shape index (κ2) is 8.18. The largest absolute Gasteiger partial charge is 0.405 e. The minimum absolute atomic E-state index is 0.0412. The van der Waals surface area contributed by atoms with E-state index in [-0.39, 0.29) is 17.0 Å². The number of anilines is 1. The van der Waals surface area contributed by atoms with E-state index in [1.54, 1.807) is 5.32 Å². The third kappa shape index (κ3) is 5.73. The van der Waals surface area contributed by atoms with Gasteiger partial charge in [-0.15, -0.1) is 0 Å². The molecular formula is C17H13ClF4N2O2. The van der Waals surface area contributed by atoms with Crippen molar-refractivity contribution in [3.05, 3.63) is 64.4 Å². The minimum Gasteiger partial charge on any atom is -0.347 e. The Morgan fingerprint density at radius 3 is 2.27 bits per heavy atom. The summed E-state index contributed by atoms with van der Waals surface area (Å²) in [5.41, 5.74) is 0.463. The molecule has 0 aliphatic rings. The molecule has 0 aliphatic heterocycles. The van der Waals surface area contributed by atoms with Crippen molar-refractivity contribution in [2.24, 2.45) is 0 Å². The smallest absolute Gasteiger partial charge is 0.347 e. The molecular weight excluding hydrogens is 376 g/mol. The molecule has 0 spiro atoms. The molecule has 0 saturated heterocycles. The van der Waals surface area contributed by atoms with Gasteiger partial charge in [0.2, 0.25) is 5.91 Å². The fraction of sp³-hybridized carbons (Fsp3) is 0.176. The average molecular weight is 389 g/mol. The van der Waals surface area contributed by atoms with Crippen LogP contribution in [0.1, 0.15) is 15.9 Å². The van der Waals surface area contributed by atoms with E-state index in [9.17, 15) is 27.2 Å². The summed E-state index contributed by atoms with van der Waals surface area (Å²) in [6.45, 7) is -1.40. The molecule has 2 rings (SSSR count). The fourth-order valence-electron chi connectivity index (χ4n) is 2.06. The molecule has 2 aromatic rings. The van der Waals surface area contributed by atoms with Crippen molar-refractivity contribution >= 4 is 29.1 Å². The highest BCUT2D eigenvalue weighted by Gasteiger charge is 2.27. The molecule has 0 radical (unpaired) electrons. The highest BCUT2D eigenvalue weighted by Crippen LogP contribution is 2.21. The topological polar surface area (TPSA) is 58.2 Å². The summed E-state index contributed by atoms with van der Waals surface area (Å²) in [4.78, 5) is 23.5. The number of alkyl halides is 3. The van der Waals surface area contributed by atoms with Crippen LogP contribution in [0.4, 0.5) is 23.2 Å². The Morgan fingerprint density at radius 2 is 1.69 bits per heavy atom. The Morgan fingerprint density at radius 1 is 1.04 bits per heavy atom. The average Bonchev–Trinajstić information content (AvgIpc) is 2.54. The maximum absolute atomic E-state index is 13.7. The number of carbonyl (C=O) groups is 2. The summed E-state index contributed by atoms with van der Waals surface area (Å²) >= 11 is 5.81. The first kappa shape index (κ1) is 19.7. The molecule has 0 bridgehead atoms. The van der Waals surface area contributed by atoms with Gasteiger partial charge in [-0.25, -0.2) is 4.39 Å². The maximum Gasteiger partial charge on any atom is 0.405 e. The van der Waals surface area contributed by atoms with Gasteiger partial charge in [-0.3, -0.25) is 9.59 Å². The van der Waals surface area contributed by atoms with Gasteiger partial charge in [0.1, 0.15) is 12.4 Å². The highest BCUT2D eigenvalue weighted by atomic mass is 35.5. The number of halogens is 5. The number of carbonyl (C=O) groups excluding carboxylic acids is 2. The van der Waals surface area contributed by atoms with E-state index in [1.165, 1.54) is 36.4 Å². The van der Waals surface area contributed by atoms with Crippen molar-refractivity contribution in [1.82, 2.24) is 5.32 Å². The number of hydrogen-bond donors (Lipinski definition) is 2. The van der Waals surface area contributed by atoms with Gasteiger partial charge in [0.25, 0.3) is 5.91 Å². The number of benzene rings is 2. The van der Waals surface area contributed by atoms with Crippen LogP contribution >= 0.6 is 11.6 Å². The molecule has 0 aliphatic carbocycles. The van der Waals surface area contributed by atoms with E-state index in [0.29, 0.717) is 11.3 Å². The molecule has 0 aromatic heterocycles. The molecule has 4 nitrogen and oxygen atoms in total. The van der Waals surface area contributed by atoms with Crippen molar-refractivity contribution in [1.29, 1.82) is 0 Å². The van der Waals surface area contributed by atoms with Gasteiger partial charge in [-0.1, -0.05) is 29.8 Å². The monoisotopic (exact) mass is 388 g/mol. The minimum atomic E-state index is -4.47. The number of hydrogen-bond acceptors (Lipinski definition) is 2. The van der Waals surface area contributed by atoms with Crippen LogP contribution in [0, 0.1) is 5.82 Å². The molecule has 138 valence electrons. The normalized spacial score (nSPS) is 11.1. The van der Waals surface area contributed by atoms with Gasteiger partial charge in [0.15, 0.2) is 0 Å². The van der Waals surface area contributed by atoms with Gasteiger partial charge < -0.3 is 10.6 Å². The molecule has 0 fully saturated rings. The van der Waals surface area contributed by atoms with Crippen molar-refractivity contribution < 1.29 is 27.2 Å². The number of nitrogens with one attached hydrogen (secondary N) is 2. The molecule has 2 aromatic carbocycles. The van der Waals surface area contributed by atoms with Crippen LogP contribution in [0.15, 0.2) is 42.5 Å². The lowest BCUT2D eigenvalue weighted by Gasteiger charge is -2.10. The van der Waals surface area contributed by atoms with E-state index >= 15 is 0 Å². The van der Waals surface area contributed by atoms with E-state index in [4.69, 9.17) is 11.6 Å². The van der Waals surface area contributed by atoms with Crippen molar-refractivity contribution in [2.45, 2.75) is 12.6 Å². The van der Waals surface area contributed by atoms with Crippen molar-refractivity contribution in [2.75, 3.05) is 11.9 Å². The van der Waals surface area contributed by atoms with E-state index in [1.807, 2.05) is 0 Å². The first-order valence-electron chi connectivity index (χ1n) is 7.33. The van der Waals surface area contributed by atoms with Crippen molar-refractivity contribution in [3.8, 4) is 0 Å². The van der Waals surface area contributed by atoms with E-state index in [2.05, 4.69) is 5.32 Å². The first-order chi connectivity index (χ1) is 12.2. The highest BCUT2D eigenvalue weighted by molar-refractivity contribution is 6.34. The van der Waals surface area contributed by atoms with Gasteiger partial charge in [0, 0.05) is 5.69 Å². The molecule has 0 unspecified atom stereocenters. The summed E-state index contributed by atoms with van der Waals surface area (Å²) in [5, 5.41) is 4.17. The van der Waals surface area contributed by atoms with Crippen LogP contribution in [-0.4, -0.2) is 24.5 Å². The lowest BCUT2D eigenvalue weighted by Crippen LogP contribution is -2.34.